The maximum Gasteiger partial charge on any atom is 0.186 e. The summed E-state index contributed by atoms with van der Waals surface area (Å²) in [6, 6.07) is 11.1. The number of carbonyl (C=O) groups excluding carboxylic acids is 1. The largest absolute Gasteiger partial charge is 0.292 e. The fourth-order valence-electron chi connectivity index (χ4n) is 2.69. The molecule has 1 aromatic carbocycles. The molecule has 3 rings (SSSR count). The van der Waals surface area contributed by atoms with E-state index < -0.39 is 0 Å². The zero-order chi connectivity index (χ0) is 13.2. The third-order valence-corrected chi connectivity index (χ3v) is 3.64. The molecule has 2 aliphatic heterocycles. The monoisotopic (exact) mass is 251 g/mol. The summed E-state index contributed by atoms with van der Waals surface area (Å²) in [7, 11) is 0. The second-order valence-corrected chi connectivity index (χ2v) is 4.74. The first-order chi connectivity index (χ1) is 9.31. The van der Waals surface area contributed by atoms with Gasteiger partial charge in [0.2, 0.25) is 0 Å². The number of nitrogens with zero attached hydrogens (tertiary/aromatic N) is 3. The normalized spacial score (nSPS) is 27.9. The summed E-state index contributed by atoms with van der Waals surface area (Å²) in [5.74, 6) is -0.137. The van der Waals surface area contributed by atoms with Crippen molar-refractivity contribution in [2.24, 2.45) is 11.0 Å². The number of hydrogen-bond donors (Lipinski definition) is 0. The molecule has 0 bridgehead atoms. The van der Waals surface area contributed by atoms with Crippen LogP contribution < -0.4 is 0 Å². The third-order valence-electron chi connectivity index (χ3n) is 3.64. The van der Waals surface area contributed by atoms with Gasteiger partial charge in [0.25, 0.3) is 0 Å². The number of Topliss-reactive ketones (excluding diaryl/α,β-unsaturated/α-hetero) is 1. The molecule has 0 aliphatic carbocycles. The quantitative estimate of drug-likeness (QED) is 0.755. The molecule has 0 radical (unpaired) electrons. The Labute approximate surface area is 111 Å². The average Bonchev–Trinajstić information content (AvgIpc) is 2.86. The summed E-state index contributed by atoms with van der Waals surface area (Å²) in [5.41, 5.74) is 0.676. The predicted octanol–water partition coefficient (Wildman–Crippen LogP) is 2.01. The van der Waals surface area contributed by atoms with E-state index in [0.29, 0.717) is 12.0 Å². The van der Waals surface area contributed by atoms with Crippen molar-refractivity contribution < 1.29 is 4.79 Å². The van der Waals surface area contributed by atoms with E-state index in [1.54, 1.807) is 23.4 Å². The van der Waals surface area contributed by atoms with Crippen molar-refractivity contribution in [3.05, 3.63) is 48.0 Å². The molecule has 19 heavy (non-hydrogen) atoms. The first-order valence-corrected chi connectivity index (χ1v) is 6.29. The maximum atomic E-state index is 12.5. The summed E-state index contributed by atoms with van der Waals surface area (Å²) >= 11 is 0. The van der Waals surface area contributed by atoms with E-state index >= 15 is 0 Å². The van der Waals surface area contributed by atoms with Crippen molar-refractivity contribution in [1.82, 2.24) is 5.01 Å². The Morgan fingerprint density at radius 1 is 1.37 bits per heavy atom. The minimum Gasteiger partial charge on any atom is -0.292 e. The molecule has 0 N–H and O–H groups in total. The molecule has 0 unspecified atom stereocenters. The standard InChI is InChI=1S/C15H13N3O/c16-10-12-9-14(18-13(12)7-4-8-17-18)15(19)11-5-2-1-3-6-11/h1-8,12-14H,9H2/t12-,13+,14+/m0/s1. The molecular formula is C15H13N3O. The minimum absolute atomic E-state index is 0.0378. The Morgan fingerprint density at radius 3 is 2.89 bits per heavy atom. The lowest BCUT2D eigenvalue weighted by molar-refractivity contribution is 0.0853. The molecule has 4 heteroatoms. The number of carbonyl (C=O) groups is 1. The molecule has 1 fully saturated rings. The van der Waals surface area contributed by atoms with Crippen LogP contribution in [0.1, 0.15) is 16.8 Å². The van der Waals surface area contributed by atoms with Gasteiger partial charge in [-0.25, -0.2) is 0 Å². The lowest BCUT2D eigenvalue weighted by Crippen LogP contribution is -2.37. The average molecular weight is 251 g/mol. The van der Waals surface area contributed by atoms with Gasteiger partial charge in [0, 0.05) is 11.8 Å². The van der Waals surface area contributed by atoms with Crippen LogP contribution in [-0.4, -0.2) is 29.1 Å². The minimum atomic E-state index is -0.335. The maximum absolute atomic E-state index is 12.5. The number of ketones is 1. The van der Waals surface area contributed by atoms with Crippen molar-refractivity contribution in [3.63, 3.8) is 0 Å². The number of nitriles is 1. The second-order valence-electron chi connectivity index (χ2n) is 4.74. The van der Waals surface area contributed by atoms with Gasteiger partial charge in [-0.2, -0.15) is 10.4 Å². The fourth-order valence-corrected chi connectivity index (χ4v) is 2.69. The third kappa shape index (κ3) is 1.93. The highest BCUT2D eigenvalue weighted by atomic mass is 16.1. The summed E-state index contributed by atoms with van der Waals surface area (Å²) in [6.45, 7) is 0. The van der Waals surface area contributed by atoms with E-state index in [2.05, 4.69) is 11.2 Å². The molecule has 1 aromatic rings. The van der Waals surface area contributed by atoms with Gasteiger partial charge in [0.05, 0.1) is 18.0 Å². The lowest BCUT2D eigenvalue weighted by atomic mass is 9.97. The molecule has 94 valence electrons. The summed E-state index contributed by atoms with van der Waals surface area (Å²) in [4.78, 5) is 12.5. The molecular weight excluding hydrogens is 238 g/mol. The van der Waals surface area contributed by atoms with Gasteiger partial charge in [-0.3, -0.25) is 9.80 Å². The van der Waals surface area contributed by atoms with Crippen LogP contribution in [0, 0.1) is 17.2 Å². The molecule has 0 saturated carbocycles. The summed E-state index contributed by atoms with van der Waals surface area (Å²) < 4.78 is 0. The van der Waals surface area contributed by atoms with Gasteiger partial charge in [-0.1, -0.05) is 36.4 Å². The topological polar surface area (TPSA) is 56.5 Å². The highest BCUT2D eigenvalue weighted by molar-refractivity contribution is 6.00. The Morgan fingerprint density at radius 2 is 2.16 bits per heavy atom. The lowest BCUT2D eigenvalue weighted by Gasteiger charge is -2.26. The molecule has 1 saturated heterocycles. The van der Waals surface area contributed by atoms with Crippen LogP contribution in [0.2, 0.25) is 0 Å². The number of allylic oxidation sites excluding steroid dienone is 1. The van der Waals surface area contributed by atoms with Gasteiger partial charge in [0.1, 0.15) is 6.04 Å². The number of rotatable bonds is 2. The number of hydrogen-bond acceptors (Lipinski definition) is 4. The molecule has 2 heterocycles. The number of hydrazone groups is 1. The van der Waals surface area contributed by atoms with Gasteiger partial charge in [-0.05, 0) is 12.5 Å². The highest BCUT2D eigenvalue weighted by Crippen LogP contribution is 2.33. The van der Waals surface area contributed by atoms with Crippen LogP contribution in [0.3, 0.4) is 0 Å². The van der Waals surface area contributed by atoms with Crippen LogP contribution in [-0.2, 0) is 0 Å². The van der Waals surface area contributed by atoms with Crippen LogP contribution in [0.15, 0.2) is 47.6 Å². The summed E-state index contributed by atoms with van der Waals surface area (Å²) in [6.07, 6.45) is 5.98. The first-order valence-electron chi connectivity index (χ1n) is 6.29. The van der Waals surface area contributed by atoms with E-state index in [0.717, 1.165) is 0 Å². The number of fused-ring (bicyclic) bond motifs is 1. The summed E-state index contributed by atoms with van der Waals surface area (Å²) in [5, 5.41) is 15.2. The van der Waals surface area contributed by atoms with E-state index in [-0.39, 0.29) is 23.8 Å². The first kappa shape index (κ1) is 11.7. The van der Waals surface area contributed by atoms with Crippen molar-refractivity contribution in [2.75, 3.05) is 0 Å². The zero-order valence-corrected chi connectivity index (χ0v) is 10.3. The molecule has 2 aliphatic rings. The molecule has 0 aromatic heterocycles. The van der Waals surface area contributed by atoms with Crippen molar-refractivity contribution in [2.45, 2.75) is 18.5 Å². The van der Waals surface area contributed by atoms with Crippen LogP contribution in [0.4, 0.5) is 0 Å². The molecule has 3 atom stereocenters. The van der Waals surface area contributed by atoms with Crippen LogP contribution in [0.25, 0.3) is 0 Å². The molecule has 0 spiro atoms. The zero-order valence-electron chi connectivity index (χ0n) is 10.3. The van der Waals surface area contributed by atoms with Gasteiger partial charge in [-0.15, -0.1) is 0 Å². The smallest absolute Gasteiger partial charge is 0.186 e. The Kier molecular flexibility index (Phi) is 2.88. The van der Waals surface area contributed by atoms with Crippen molar-refractivity contribution in [3.8, 4) is 6.07 Å². The van der Waals surface area contributed by atoms with E-state index in [4.69, 9.17) is 0 Å². The van der Waals surface area contributed by atoms with E-state index in [1.807, 2.05) is 30.4 Å². The highest BCUT2D eigenvalue weighted by Gasteiger charge is 2.43. The molecule has 0 amide bonds. The SMILES string of the molecule is N#C[C@@H]1C[C@H](C(=O)c2ccccc2)N2N=CC=C[C@H]12. The van der Waals surface area contributed by atoms with E-state index in [9.17, 15) is 10.1 Å². The van der Waals surface area contributed by atoms with Crippen molar-refractivity contribution >= 4 is 12.0 Å². The Bertz CT molecular complexity index is 585. The van der Waals surface area contributed by atoms with Gasteiger partial charge >= 0.3 is 0 Å². The van der Waals surface area contributed by atoms with Crippen molar-refractivity contribution in [1.29, 1.82) is 5.26 Å². The second kappa shape index (κ2) is 4.69. The van der Waals surface area contributed by atoms with Gasteiger partial charge < -0.3 is 0 Å². The van der Waals surface area contributed by atoms with E-state index in [1.165, 1.54) is 0 Å². The number of benzene rings is 1. The fraction of sp³-hybridized carbons (Fsp3) is 0.267. The predicted molar refractivity (Wildman–Crippen MR) is 71.5 cm³/mol. The van der Waals surface area contributed by atoms with Crippen LogP contribution >= 0.6 is 0 Å². The Balaban J connectivity index is 1.90. The Hall–Kier alpha value is -2.41. The molecule has 4 nitrogen and oxygen atoms in total. The van der Waals surface area contributed by atoms with Crippen LogP contribution in [0.5, 0.6) is 0 Å². The van der Waals surface area contributed by atoms with Gasteiger partial charge in [0.15, 0.2) is 5.78 Å².